The van der Waals surface area contributed by atoms with Crippen molar-refractivity contribution in [1.29, 1.82) is 0 Å². The zero-order valence-corrected chi connectivity index (χ0v) is 10.5. The molecule has 17 heavy (non-hydrogen) atoms. The van der Waals surface area contributed by atoms with Crippen LogP contribution in [0.15, 0.2) is 54.1 Å². The van der Waals surface area contributed by atoms with Gasteiger partial charge in [-0.05, 0) is 18.2 Å². The Labute approximate surface area is 102 Å². The first kappa shape index (κ1) is 11.6. The molecule has 1 aromatic rings. The second kappa shape index (κ2) is 4.53. The zero-order chi connectivity index (χ0) is 12.3. The Kier molecular flexibility index (Phi) is 3.09. The van der Waals surface area contributed by atoms with Crippen LogP contribution >= 0.6 is 0 Å². The van der Waals surface area contributed by atoms with Crippen LogP contribution in [0.5, 0.6) is 0 Å². The lowest BCUT2D eigenvalue weighted by Crippen LogP contribution is -2.49. The number of anilines is 1. The number of pyridine rings is 1. The van der Waals surface area contributed by atoms with E-state index in [0.717, 1.165) is 5.69 Å². The van der Waals surface area contributed by atoms with Gasteiger partial charge >= 0.3 is 0 Å². The van der Waals surface area contributed by atoms with E-state index in [0.29, 0.717) is 0 Å². The maximum atomic E-state index is 4.34. The van der Waals surface area contributed by atoms with Crippen LogP contribution in [0.2, 0.25) is 0 Å². The highest BCUT2D eigenvalue weighted by Crippen LogP contribution is 2.15. The lowest BCUT2D eigenvalue weighted by molar-refractivity contribution is -0.753. The van der Waals surface area contributed by atoms with E-state index in [1.807, 2.05) is 35.5 Å². The number of hydrogen-bond donors (Lipinski definition) is 0. The molecule has 0 aromatic carbocycles. The van der Waals surface area contributed by atoms with E-state index in [-0.39, 0.29) is 5.54 Å². The Hall–Kier alpha value is -1.90. The smallest absolute Gasteiger partial charge is 0.195 e. The summed E-state index contributed by atoms with van der Waals surface area (Å²) >= 11 is 0. The first-order valence-corrected chi connectivity index (χ1v) is 5.76. The van der Waals surface area contributed by atoms with Gasteiger partial charge in [-0.2, -0.15) is 9.67 Å². The number of nitrogens with zero attached hydrogens (tertiary/aromatic N) is 3. The Morgan fingerprint density at radius 2 is 2.00 bits per heavy atom. The fourth-order valence-corrected chi connectivity index (χ4v) is 1.56. The van der Waals surface area contributed by atoms with Gasteiger partial charge in [-0.15, -0.1) is 0 Å². The van der Waals surface area contributed by atoms with Crippen LogP contribution in [0.4, 0.5) is 5.69 Å². The fraction of sp³-hybridized carbons (Fsp3) is 0.286. The third kappa shape index (κ3) is 2.81. The van der Waals surface area contributed by atoms with Crippen LogP contribution in [-0.2, 0) is 5.54 Å². The van der Waals surface area contributed by atoms with Crippen LogP contribution in [-0.4, -0.2) is 6.21 Å². The monoisotopic (exact) mass is 228 g/mol. The zero-order valence-electron chi connectivity index (χ0n) is 10.5. The van der Waals surface area contributed by atoms with Crippen molar-refractivity contribution in [3.05, 3.63) is 49.0 Å². The highest BCUT2D eigenvalue weighted by Gasteiger charge is 2.21. The molecule has 0 saturated heterocycles. The molecule has 0 unspecified atom stereocenters. The summed E-state index contributed by atoms with van der Waals surface area (Å²) < 4.78 is 2.18. The number of allylic oxidation sites excluding steroid dienone is 3. The second-order valence-electron chi connectivity index (χ2n) is 4.98. The van der Waals surface area contributed by atoms with E-state index in [1.165, 1.54) is 0 Å². The lowest BCUT2D eigenvalue weighted by Gasteiger charge is -2.16. The van der Waals surface area contributed by atoms with Gasteiger partial charge in [-0.1, -0.05) is 6.08 Å². The average molecular weight is 228 g/mol. The van der Waals surface area contributed by atoms with Gasteiger partial charge in [0.05, 0.1) is 0 Å². The van der Waals surface area contributed by atoms with Crippen molar-refractivity contribution in [1.82, 2.24) is 0 Å². The molecule has 3 nitrogen and oxygen atoms in total. The Morgan fingerprint density at radius 1 is 1.18 bits per heavy atom. The molecule has 0 amide bonds. The fourth-order valence-electron chi connectivity index (χ4n) is 1.56. The van der Waals surface area contributed by atoms with E-state index in [4.69, 9.17) is 0 Å². The summed E-state index contributed by atoms with van der Waals surface area (Å²) in [6.07, 6.45) is 13.8. The molecule has 0 atom stereocenters. The van der Waals surface area contributed by atoms with Crippen molar-refractivity contribution in [2.75, 3.05) is 5.01 Å². The molecule has 2 heterocycles. The molecular weight excluding hydrogens is 210 g/mol. The summed E-state index contributed by atoms with van der Waals surface area (Å²) in [5.41, 5.74) is 1.13. The minimum atomic E-state index is 0.0769. The minimum Gasteiger partial charge on any atom is -0.235 e. The van der Waals surface area contributed by atoms with Gasteiger partial charge in [-0.25, -0.2) is 5.01 Å². The Bertz CT molecular complexity index is 462. The highest BCUT2D eigenvalue weighted by molar-refractivity contribution is 5.74. The quantitative estimate of drug-likeness (QED) is 0.676. The van der Waals surface area contributed by atoms with Gasteiger partial charge in [0.15, 0.2) is 17.9 Å². The number of rotatable bonds is 1. The van der Waals surface area contributed by atoms with Gasteiger partial charge in [0, 0.05) is 39.3 Å². The van der Waals surface area contributed by atoms with Crippen molar-refractivity contribution < 1.29 is 4.57 Å². The summed E-state index contributed by atoms with van der Waals surface area (Å²) in [6.45, 7) is 6.54. The van der Waals surface area contributed by atoms with Crippen molar-refractivity contribution in [3.8, 4) is 0 Å². The van der Waals surface area contributed by atoms with Gasteiger partial charge < -0.3 is 0 Å². The molecule has 2 rings (SSSR count). The molecule has 0 N–H and O–H groups in total. The van der Waals surface area contributed by atoms with Crippen molar-refractivity contribution in [2.24, 2.45) is 5.10 Å². The van der Waals surface area contributed by atoms with Crippen LogP contribution in [0.25, 0.3) is 0 Å². The molecule has 1 aromatic heterocycles. The first-order valence-electron chi connectivity index (χ1n) is 5.76. The molecule has 3 heteroatoms. The van der Waals surface area contributed by atoms with E-state index in [2.05, 4.69) is 48.9 Å². The Balaban J connectivity index is 2.34. The van der Waals surface area contributed by atoms with Gasteiger partial charge in [0.25, 0.3) is 0 Å². The van der Waals surface area contributed by atoms with Crippen molar-refractivity contribution >= 4 is 11.9 Å². The van der Waals surface area contributed by atoms with E-state index in [9.17, 15) is 0 Å². The molecular formula is C14H18N3+. The standard InChI is InChI=1S/C14H18N3/c1-14(2,3)16-10-7-8-13(12-16)17-11-6-4-5-9-15-17/h4-12H,1-3H3/q+1. The summed E-state index contributed by atoms with van der Waals surface area (Å²) in [5, 5.41) is 6.20. The van der Waals surface area contributed by atoms with Crippen LogP contribution in [0.3, 0.4) is 0 Å². The predicted molar refractivity (Wildman–Crippen MR) is 70.9 cm³/mol. The predicted octanol–water partition coefficient (Wildman–Crippen LogP) is 2.60. The Morgan fingerprint density at radius 3 is 2.76 bits per heavy atom. The average Bonchev–Trinajstić information content (AvgIpc) is 2.56. The third-order valence-corrected chi connectivity index (χ3v) is 2.55. The summed E-state index contributed by atoms with van der Waals surface area (Å²) in [5.74, 6) is 0. The number of hydrogen-bond acceptors (Lipinski definition) is 2. The maximum Gasteiger partial charge on any atom is 0.195 e. The molecule has 0 aliphatic carbocycles. The normalized spacial score (nSPS) is 15.1. The molecule has 0 radical (unpaired) electrons. The molecule has 0 bridgehead atoms. The van der Waals surface area contributed by atoms with E-state index in [1.54, 1.807) is 6.21 Å². The molecule has 0 spiro atoms. The summed E-state index contributed by atoms with van der Waals surface area (Å²) in [6, 6.07) is 4.09. The number of hydrazone groups is 1. The summed E-state index contributed by atoms with van der Waals surface area (Å²) in [4.78, 5) is 0. The van der Waals surface area contributed by atoms with Crippen LogP contribution < -0.4 is 9.58 Å². The highest BCUT2D eigenvalue weighted by atomic mass is 15.4. The molecule has 0 saturated carbocycles. The minimum absolute atomic E-state index is 0.0769. The van der Waals surface area contributed by atoms with Gasteiger partial charge in [-0.3, -0.25) is 0 Å². The van der Waals surface area contributed by atoms with Crippen molar-refractivity contribution in [2.45, 2.75) is 26.3 Å². The molecule has 0 fully saturated rings. The SMILES string of the molecule is CC(C)(C)[n+]1cccc(N2C=CC=CC=N2)c1. The largest absolute Gasteiger partial charge is 0.235 e. The van der Waals surface area contributed by atoms with Crippen LogP contribution in [0, 0.1) is 0 Å². The second-order valence-corrected chi connectivity index (χ2v) is 4.98. The van der Waals surface area contributed by atoms with Crippen molar-refractivity contribution in [3.63, 3.8) is 0 Å². The van der Waals surface area contributed by atoms with E-state index >= 15 is 0 Å². The molecule has 1 aliphatic rings. The van der Waals surface area contributed by atoms with Gasteiger partial charge in [0.2, 0.25) is 0 Å². The lowest BCUT2D eigenvalue weighted by atomic mass is 10.1. The third-order valence-electron chi connectivity index (χ3n) is 2.55. The molecule has 1 aliphatic heterocycles. The summed E-state index contributed by atoms with van der Waals surface area (Å²) in [7, 11) is 0. The maximum absolute atomic E-state index is 4.34. The van der Waals surface area contributed by atoms with E-state index < -0.39 is 0 Å². The molecule has 88 valence electrons. The topological polar surface area (TPSA) is 19.5 Å². The first-order chi connectivity index (χ1) is 8.07. The van der Waals surface area contributed by atoms with Gasteiger partial charge in [0.1, 0.15) is 5.69 Å². The number of aromatic nitrogens is 1. The van der Waals surface area contributed by atoms with Crippen LogP contribution in [0.1, 0.15) is 20.8 Å².